The van der Waals surface area contributed by atoms with E-state index in [0.717, 1.165) is 38.9 Å². The number of rotatable bonds is 7. The van der Waals surface area contributed by atoms with E-state index in [-0.39, 0.29) is 10.6 Å². The molecule has 0 aliphatic carbocycles. The molecule has 7 heteroatoms. The minimum absolute atomic E-state index is 0.170. The smallest absolute Gasteiger partial charge is 0.333 e. The molecule has 1 aliphatic heterocycles. The predicted molar refractivity (Wildman–Crippen MR) is 82.8 cm³/mol. The molecule has 0 radical (unpaired) electrons. The first-order valence-corrected chi connectivity index (χ1v) is 7.79. The van der Waals surface area contributed by atoms with Gasteiger partial charge in [0.25, 0.3) is 0 Å². The third-order valence-electron chi connectivity index (χ3n) is 3.90. The molecule has 1 unspecified atom stereocenters. The number of nitro groups is 1. The fourth-order valence-electron chi connectivity index (χ4n) is 3.03. The van der Waals surface area contributed by atoms with Crippen LogP contribution >= 0.6 is 0 Å². The Labute approximate surface area is 125 Å². The maximum Gasteiger partial charge on any atom is 0.333 e. The maximum atomic E-state index is 11.5. The average Bonchev–Trinajstić information content (AvgIpc) is 3.04. The Hall–Kier alpha value is -1.63. The third kappa shape index (κ3) is 3.18. The van der Waals surface area contributed by atoms with Crippen molar-refractivity contribution in [2.45, 2.75) is 52.6 Å². The molecule has 1 N–H and O–H groups in total. The average molecular weight is 295 g/mol. The fourth-order valence-corrected chi connectivity index (χ4v) is 3.03. The number of aryl methyl sites for hydroxylation is 2. The van der Waals surface area contributed by atoms with E-state index in [4.69, 9.17) is 0 Å². The van der Waals surface area contributed by atoms with Crippen LogP contribution in [0.1, 0.15) is 38.8 Å². The lowest BCUT2D eigenvalue weighted by atomic mass is 10.2. The van der Waals surface area contributed by atoms with E-state index >= 15 is 0 Å². The van der Waals surface area contributed by atoms with Crippen molar-refractivity contribution in [1.29, 1.82) is 0 Å². The second-order valence-corrected chi connectivity index (χ2v) is 5.58. The highest BCUT2D eigenvalue weighted by molar-refractivity contribution is 5.62. The van der Waals surface area contributed by atoms with Crippen molar-refractivity contribution in [1.82, 2.24) is 15.1 Å². The number of aromatic nitrogens is 2. The van der Waals surface area contributed by atoms with Gasteiger partial charge < -0.3 is 10.2 Å². The van der Waals surface area contributed by atoms with E-state index in [0.29, 0.717) is 24.1 Å². The summed E-state index contributed by atoms with van der Waals surface area (Å²) >= 11 is 0. The summed E-state index contributed by atoms with van der Waals surface area (Å²) in [5.74, 6) is 0.690. The summed E-state index contributed by atoms with van der Waals surface area (Å²) in [5.41, 5.74) is 0.680. The number of anilines is 1. The molecule has 0 spiro atoms. The number of hydrogen-bond acceptors (Lipinski definition) is 5. The summed E-state index contributed by atoms with van der Waals surface area (Å²) in [6.45, 7) is 9.28. The molecule has 1 saturated heterocycles. The molecule has 2 rings (SSSR count). The van der Waals surface area contributed by atoms with Crippen LogP contribution in [0, 0.1) is 17.0 Å². The van der Waals surface area contributed by atoms with Crippen LogP contribution in [0.3, 0.4) is 0 Å². The van der Waals surface area contributed by atoms with Crippen molar-refractivity contribution < 1.29 is 4.92 Å². The Morgan fingerprint density at radius 2 is 2.24 bits per heavy atom. The zero-order valence-corrected chi connectivity index (χ0v) is 13.1. The number of hydrogen-bond donors (Lipinski definition) is 1. The normalized spacial score (nSPS) is 18.1. The monoisotopic (exact) mass is 295 g/mol. The molecule has 21 heavy (non-hydrogen) atoms. The van der Waals surface area contributed by atoms with Crippen LogP contribution in [0.4, 0.5) is 11.5 Å². The summed E-state index contributed by atoms with van der Waals surface area (Å²) in [4.78, 5) is 13.4. The number of nitrogens with one attached hydrogen (secondary N) is 1. The molecule has 7 nitrogen and oxygen atoms in total. The van der Waals surface area contributed by atoms with Gasteiger partial charge in [-0.05, 0) is 32.7 Å². The molecule has 1 aromatic heterocycles. The second-order valence-electron chi connectivity index (χ2n) is 5.58. The standard InChI is InChI=1S/C14H25N5O2/c1-4-8-17(12-6-7-15-10-12)14-13(19(20)21)11(3)16-18(14)9-5-2/h12,15H,4-10H2,1-3H3. The lowest BCUT2D eigenvalue weighted by molar-refractivity contribution is -0.384. The predicted octanol–water partition coefficient (Wildman–Crippen LogP) is 2.09. The minimum Gasteiger partial charge on any atom is -0.347 e. The first-order valence-electron chi connectivity index (χ1n) is 7.79. The Balaban J connectivity index is 2.47. The zero-order chi connectivity index (χ0) is 15.4. The topological polar surface area (TPSA) is 76.2 Å². The van der Waals surface area contributed by atoms with E-state index in [2.05, 4.69) is 29.2 Å². The molecular weight excluding hydrogens is 270 g/mol. The van der Waals surface area contributed by atoms with Crippen LogP contribution in [0.2, 0.25) is 0 Å². The summed E-state index contributed by atoms with van der Waals surface area (Å²) in [6, 6.07) is 0.315. The van der Waals surface area contributed by atoms with Crippen molar-refractivity contribution in [3.63, 3.8) is 0 Å². The van der Waals surface area contributed by atoms with Crippen molar-refractivity contribution >= 4 is 11.5 Å². The molecule has 118 valence electrons. The summed E-state index contributed by atoms with van der Waals surface area (Å²) in [6.07, 6.45) is 2.89. The van der Waals surface area contributed by atoms with Crippen molar-refractivity contribution in [2.24, 2.45) is 0 Å². The highest BCUT2D eigenvalue weighted by atomic mass is 16.6. The Bertz CT molecular complexity index is 494. The first-order chi connectivity index (χ1) is 10.1. The van der Waals surface area contributed by atoms with Crippen LogP contribution in [-0.4, -0.2) is 40.4 Å². The molecule has 0 aromatic carbocycles. The lowest BCUT2D eigenvalue weighted by Gasteiger charge is -2.29. The Morgan fingerprint density at radius 1 is 1.48 bits per heavy atom. The summed E-state index contributed by atoms with van der Waals surface area (Å²) in [7, 11) is 0. The lowest BCUT2D eigenvalue weighted by Crippen LogP contribution is -2.39. The minimum atomic E-state index is -0.283. The SMILES string of the molecule is CCCN(c1c([N+](=O)[O-])c(C)nn1CCC)C1CCNC1. The van der Waals surface area contributed by atoms with Crippen molar-refractivity contribution in [2.75, 3.05) is 24.5 Å². The molecule has 1 aromatic rings. The molecule has 1 fully saturated rings. The maximum absolute atomic E-state index is 11.5. The molecule has 2 heterocycles. The summed E-state index contributed by atoms with van der Waals surface area (Å²) in [5, 5.41) is 19.2. The van der Waals surface area contributed by atoms with Gasteiger partial charge in [0.1, 0.15) is 5.69 Å². The second kappa shape index (κ2) is 6.89. The quantitative estimate of drug-likeness (QED) is 0.615. The van der Waals surface area contributed by atoms with Crippen molar-refractivity contribution in [3.05, 3.63) is 15.8 Å². The highest BCUT2D eigenvalue weighted by Crippen LogP contribution is 2.34. The van der Waals surface area contributed by atoms with Gasteiger partial charge in [-0.3, -0.25) is 10.1 Å². The third-order valence-corrected chi connectivity index (χ3v) is 3.90. The van der Waals surface area contributed by atoms with Crippen LogP contribution in [0.15, 0.2) is 0 Å². The van der Waals surface area contributed by atoms with Gasteiger partial charge in [-0.1, -0.05) is 13.8 Å². The van der Waals surface area contributed by atoms with Crippen LogP contribution in [0.5, 0.6) is 0 Å². The van der Waals surface area contributed by atoms with Gasteiger partial charge in [-0.15, -0.1) is 0 Å². The molecular formula is C14H25N5O2. The Morgan fingerprint density at radius 3 is 2.76 bits per heavy atom. The highest BCUT2D eigenvalue weighted by Gasteiger charge is 2.33. The summed E-state index contributed by atoms with van der Waals surface area (Å²) < 4.78 is 1.82. The van der Waals surface area contributed by atoms with E-state index in [1.807, 2.05) is 4.68 Å². The van der Waals surface area contributed by atoms with E-state index in [9.17, 15) is 10.1 Å². The van der Waals surface area contributed by atoms with Gasteiger partial charge in [0, 0.05) is 25.7 Å². The molecule has 1 atom stereocenters. The van der Waals surface area contributed by atoms with Crippen LogP contribution in [0.25, 0.3) is 0 Å². The largest absolute Gasteiger partial charge is 0.347 e. The zero-order valence-electron chi connectivity index (χ0n) is 13.1. The van der Waals surface area contributed by atoms with Crippen LogP contribution < -0.4 is 10.2 Å². The molecule has 1 aliphatic rings. The first kappa shape index (κ1) is 15.8. The molecule has 0 bridgehead atoms. The fraction of sp³-hybridized carbons (Fsp3) is 0.786. The van der Waals surface area contributed by atoms with E-state index in [1.54, 1.807) is 6.92 Å². The van der Waals surface area contributed by atoms with Gasteiger partial charge in [0.05, 0.1) is 4.92 Å². The van der Waals surface area contributed by atoms with Gasteiger partial charge in [0.2, 0.25) is 5.82 Å². The van der Waals surface area contributed by atoms with E-state index < -0.39 is 0 Å². The van der Waals surface area contributed by atoms with Gasteiger partial charge in [0.15, 0.2) is 0 Å². The molecule has 0 saturated carbocycles. The number of nitrogens with zero attached hydrogens (tertiary/aromatic N) is 4. The van der Waals surface area contributed by atoms with Gasteiger partial charge >= 0.3 is 5.69 Å². The van der Waals surface area contributed by atoms with E-state index in [1.165, 1.54) is 0 Å². The Kier molecular flexibility index (Phi) is 5.17. The van der Waals surface area contributed by atoms with Crippen molar-refractivity contribution in [3.8, 4) is 0 Å². The van der Waals surface area contributed by atoms with Gasteiger partial charge in [-0.2, -0.15) is 5.10 Å². The van der Waals surface area contributed by atoms with Gasteiger partial charge in [-0.25, -0.2) is 4.68 Å². The van der Waals surface area contributed by atoms with Crippen LogP contribution in [-0.2, 0) is 6.54 Å². The molecule has 0 amide bonds.